The van der Waals surface area contributed by atoms with Gasteiger partial charge in [0.2, 0.25) is 21.8 Å². The Kier molecular flexibility index (Phi) is 11.0. The van der Waals surface area contributed by atoms with Gasteiger partial charge in [0.15, 0.2) is 0 Å². The summed E-state index contributed by atoms with van der Waals surface area (Å²) in [7, 11) is -3.83. The van der Waals surface area contributed by atoms with E-state index in [-0.39, 0.29) is 24.9 Å². The lowest BCUT2D eigenvalue weighted by molar-refractivity contribution is -0.140. The van der Waals surface area contributed by atoms with Crippen LogP contribution in [0.1, 0.15) is 37.5 Å². The van der Waals surface area contributed by atoms with Crippen molar-refractivity contribution in [3.63, 3.8) is 0 Å². The molecule has 1 N–H and O–H groups in total. The predicted octanol–water partition coefficient (Wildman–Crippen LogP) is 5.49. The van der Waals surface area contributed by atoms with Gasteiger partial charge in [-0.15, -0.1) is 0 Å². The van der Waals surface area contributed by atoms with E-state index >= 15 is 0 Å². The minimum Gasteiger partial charge on any atom is -0.352 e. The van der Waals surface area contributed by atoms with Gasteiger partial charge in [0.1, 0.15) is 12.6 Å². The average Bonchev–Trinajstić information content (AvgIpc) is 2.90. The summed E-state index contributed by atoms with van der Waals surface area (Å²) in [4.78, 5) is 29.0. The number of sulfonamides is 1. The first-order valence-electron chi connectivity index (χ1n) is 13.0. The Morgan fingerprint density at radius 1 is 0.875 bits per heavy atom. The highest BCUT2D eigenvalue weighted by Gasteiger charge is 2.33. The topological polar surface area (TPSA) is 86.8 Å². The number of nitrogens with zero attached hydrogens (tertiary/aromatic N) is 2. The molecule has 0 aliphatic rings. The summed E-state index contributed by atoms with van der Waals surface area (Å²) in [5.74, 6) is -0.874. The van der Waals surface area contributed by atoms with Crippen molar-refractivity contribution in [1.29, 1.82) is 0 Å². The molecule has 3 aromatic rings. The van der Waals surface area contributed by atoms with Gasteiger partial charge in [-0.3, -0.25) is 13.9 Å². The van der Waals surface area contributed by atoms with Crippen molar-refractivity contribution < 1.29 is 18.0 Å². The molecule has 0 aliphatic heterocycles. The van der Waals surface area contributed by atoms with Gasteiger partial charge < -0.3 is 10.2 Å². The first-order valence-corrected chi connectivity index (χ1v) is 15.6. The first-order chi connectivity index (χ1) is 18.9. The molecular formula is C30H35Cl2N3O4S. The van der Waals surface area contributed by atoms with Crippen molar-refractivity contribution in [2.45, 2.75) is 52.2 Å². The van der Waals surface area contributed by atoms with Crippen LogP contribution >= 0.6 is 23.2 Å². The number of hydrogen-bond donors (Lipinski definition) is 1. The van der Waals surface area contributed by atoms with Crippen LogP contribution in [-0.2, 0) is 39.0 Å². The van der Waals surface area contributed by atoms with E-state index in [0.717, 1.165) is 28.1 Å². The van der Waals surface area contributed by atoms with Crippen molar-refractivity contribution in [3.8, 4) is 0 Å². The molecule has 3 aromatic carbocycles. The molecule has 1 atom stereocenters. The van der Waals surface area contributed by atoms with Gasteiger partial charge in [-0.2, -0.15) is 0 Å². The molecule has 3 rings (SSSR count). The van der Waals surface area contributed by atoms with Gasteiger partial charge in [-0.25, -0.2) is 8.42 Å². The molecule has 0 saturated carbocycles. The Balaban J connectivity index is 2.06. The van der Waals surface area contributed by atoms with E-state index < -0.39 is 28.5 Å². The molecule has 0 heterocycles. The molecular weight excluding hydrogens is 569 g/mol. The van der Waals surface area contributed by atoms with Gasteiger partial charge in [0, 0.05) is 19.0 Å². The van der Waals surface area contributed by atoms with E-state index in [9.17, 15) is 18.0 Å². The number of benzene rings is 3. The molecule has 214 valence electrons. The van der Waals surface area contributed by atoms with Crippen LogP contribution in [0.25, 0.3) is 0 Å². The minimum atomic E-state index is -3.83. The first kappa shape index (κ1) is 31.5. The molecule has 40 heavy (non-hydrogen) atoms. The highest BCUT2D eigenvalue weighted by molar-refractivity contribution is 7.92. The van der Waals surface area contributed by atoms with Gasteiger partial charge in [0.05, 0.1) is 22.0 Å². The molecule has 2 amide bonds. The lowest BCUT2D eigenvalue weighted by Gasteiger charge is -2.34. The van der Waals surface area contributed by atoms with Crippen LogP contribution in [0.3, 0.4) is 0 Å². The summed E-state index contributed by atoms with van der Waals surface area (Å²) in [5.41, 5.74) is 2.91. The van der Waals surface area contributed by atoms with Crippen LogP contribution in [0.5, 0.6) is 0 Å². The quantitative estimate of drug-likeness (QED) is 0.297. The van der Waals surface area contributed by atoms with Crippen molar-refractivity contribution in [3.05, 3.63) is 99.5 Å². The van der Waals surface area contributed by atoms with E-state index in [4.69, 9.17) is 23.2 Å². The number of rotatable bonds is 12. The highest BCUT2D eigenvalue weighted by Crippen LogP contribution is 2.25. The van der Waals surface area contributed by atoms with Gasteiger partial charge in [0.25, 0.3) is 0 Å². The van der Waals surface area contributed by atoms with E-state index in [1.165, 1.54) is 4.90 Å². The number of carbonyl (C=O) groups excluding carboxylic acids is 2. The molecule has 0 aliphatic carbocycles. The summed E-state index contributed by atoms with van der Waals surface area (Å²) >= 11 is 12.4. The number of halogens is 2. The maximum Gasteiger partial charge on any atom is 0.244 e. The maximum atomic E-state index is 14.1. The average molecular weight is 605 g/mol. The van der Waals surface area contributed by atoms with Crippen molar-refractivity contribution in [2.75, 3.05) is 17.1 Å². The normalized spacial score (nSPS) is 12.2. The smallest absolute Gasteiger partial charge is 0.244 e. The highest BCUT2D eigenvalue weighted by atomic mass is 35.5. The second kappa shape index (κ2) is 14.0. The van der Waals surface area contributed by atoms with Gasteiger partial charge >= 0.3 is 0 Å². The van der Waals surface area contributed by atoms with Crippen LogP contribution < -0.4 is 9.62 Å². The van der Waals surface area contributed by atoms with Crippen LogP contribution in [0.2, 0.25) is 10.0 Å². The van der Waals surface area contributed by atoms with Crippen molar-refractivity contribution >= 4 is 50.7 Å². The van der Waals surface area contributed by atoms with E-state index in [1.54, 1.807) is 30.3 Å². The van der Waals surface area contributed by atoms with E-state index in [2.05, 4.69) is 5.32 Å². The Morgan fingerprint density at radius 2 is 1.50 bits per heavy atom. The Bertz CT molecular complexity index is 1410. The zero-order valence-electron chi connectivity index (χ0n) is 23.1. The molecule has 0 spiro atoms. The Hall–Kier alpha value is -3.07. The third-order valence-corrected chi connectivity index (χ3v) is 8.23. The van der Waals surface area contributed by atoms with Crippen LogP contribution in [0.15, 0.2) is 72.8 Å². The second-order valence-electron chi connectivity index (χ2n) is 9.93. The zero-order valence-corrected chi connectivity index (χ0v) is 25.4. The lowest BCUT2D eigenvalue weighted by Crippen LogP contribution is -2.54. The van der Waals surface area contributed by atoms with Crippen LogP contribution in [-0.4, -0.2) is 50.0 Å². The Morgan fingerprint density at radius 3 is 2.05 bits per heavy atom. The molecule has 7 nitrogen and oxygen atoms in total. The fourth-order valence-corrected chi connectivity index (χ4v) is 5.45. The molecule has 0 saturated heterocycles. The predicted molar refractivity (Wildman–Crippen MR) is 162 cm³/mol. The molecule has 0 unspecified atom stereocenters. The van der Waals surface area contributed by atoms with Gasteiger partial charge in [-0.1, -0.05) is 78.7 Å². The number of amides is 2. The van der Waals surface area contributed by atoms with E-state index in [0.29, 0.717) is 21.3 Å². The maximum absolute atomic E-state index is 14.1. The summed E-state index contributed by atoms with van der Waals surface area (Å²) in [6.07, 6.45) is 2.09. The number of nitrogens with one attached hydrogen (secondary N) is 1. The lowest BCUT2D eigenvalue weighted by atomic mass is 10.0. The SMILES string of the molecule is CCc1ccc(N(CC(=O)N(Cc2ccc(Cl)c(Cl)c2)[C@H](Cc2ccccc2)C(=O)NC(C)C)S(C)(=O)=O)cc1. The van der Waals surface area contributed by atoms with Crippen molar-refractivity contribution in [1.82, 2.24) is 10.2 Å². The summed E-state index contributed by atoms with van der Waals surface area (Å²) in [5, 5.41) is 3.59. The number of hydrogen-bond acceptors (Lipinski definition) is 4. The molecule has 0 aromatic heterocycles. The molecule has 0 fully saturated rings. The summed E-state index contributed by atoms with van der Waals surface area (Å²) < 4.78 is 26.8. The standard InChI is InChI=1S/C30H35Cl2N3O4S/c1-5-22-11-14-25(15-12-22)35(40(4,38)39)20-29(36)34(19-24-13-16-26(31)27(32)17-24)28(30(37)33-21(2)3)18-23-9-7-6-8-10-23/h6-17,21,28H,5,18-20H2,1-4H3,(H,33,37)/t28-/m1/s1. The molecule has 10 heteroatoms. The second-order valence-corrected chi connectivity index (χ2v) is 12.6. The van der Waals surface area contributed by atoms with Crippen LogP contribution in [0, 0.1) is 0 Å². The minimum absolute atomic E-state index is 0.0190. The fraction of sp³-hybridized carbons (Fsp3) is 0.333. The van der Waals surface area contributed by atoms with Gasteiger partial charge in [-0.05, 0) is 61.2 Å². The summed E-state index contributed by atoms with van der Waals surface area (Å²) in [6.45, 7) is 5.22. The van der Waals surface area contributed by atoms with E-state index in [1.807, 2.05) is 63.2 Å². The fourth-order valence-electron chi connectivity index (χ4n) is 4.28. The number of carbonyl (C=O) groups is 2. The molecule has 0 radical (unpaired) electrons. The third-order valence-electron chi connectivity index (χ3n) is 6.35. The number of aryl methyl sites for hydroxylation is 1. The third kappa shape index (κ3) is 8.71. The van der Waals surface area contributed by atoms with Crippen molar-refractivity contribution in [2.24, 2.45) is 0 Å². The monoisotopic (exact) mass is 603 g/mol. The van der Waals surface area contributed by atoms with Crippen LogP contribution in [0.4, 0.5) is 5.69 Å². The Labute approximate surface area is 247 Å². The zero-order chi connectivity index (χ0) is 29.4. The number of anilines is 1. The largest absolute Gasteiger partial charge is 0.352 e. The molecule has 0 bridgehead atoms. The summed E-state index contributed by atoms with van der Waals surface area (Å²) in [6, 6.07) is 20.3.